The number of hydrogen-bond acceptors (Lipinski definition) is 4. The number of aliphatic hydroxyl groups is 1. The molecule has 0 aromatic carbocycles. The Morgan fingerprint density at radius 3 is 3.14 bits per heavy atom. The van der Waals surface area contributed by atoms with Crippen LogP contribution in [0.5, 0.6) is 0 Å². The molecule has 0 saturated carbocycles. The van der Waals surface area contributed by atoms with Crippen molar-refractivity contribution < 1.29 is 14.6 Å². The average Bonchev–Trinajstić information content (AvgIpc) is 2.19. The molecule has 5 heteroatoms. The van der Waals surface area contributed by atoms with Gasteiger partial charge in [-0.3, -0.25) is 4.79 Å². The molecule has 0 aliphatic carbocycles. The van der Waals surface area contributed by atoms with E-state index in [1.807, 2.05) is 0 Å². The zero-order valence-electron chi connectivity index (χ0n) is 8.45. The molecule has 1 heterocycles. The van der Waals surface area contributed by atoms with Crippen LogP contribution in [-0.2, 0) is 9.53 Å². The Morgan fingerprint density at radius 2 is 2.57 bits per heavy atom. The molecule has 0 aromatic rings. The zero-order valence-corrected chi connectivity index (χ0v) is 8.45. The molecular weight excluding hydrogens is 184 g/mol. The van der Waals surface area contributed by atoms with Crippen molar-refractivity contribution in [2.24, 2.45) is 0 Å². The zero-order chi connectivity index (χ0) is 10.4. The Kier molecular flexibility index (Phi) is 4.86. The van der Waals surface area contributed by atoms with Gasteiger partial charge >= 0.3 is 0 Å². The second-order valence-corrected chi connectivity index (χ2v) is 3.55. The van der Waals surface area contributed by atoms with Gasteiger partial charge in [0.1, 0.15) is 0 Å². The number of carbonyl (C=O) groups is 1. The van der Waals surface area contributed by atoms with Gasteiger partial charge in [0.15, 0.2) is 0 Å². The number of nitrogens with one attached hydrogen (secondary N) is 2. The van der Waals surface area contributed by atoms with Crippen LogP contribution in [0.25, 0.3) is 0 Å². The van der Waals surface area contributed by atoms with Crippen molar-refractivity contribution in [1.82, 2.24) is 10.6 Å². The fourth-order valence-electron chi connectivity index (χ4n) is 1.34. The molecule has 1 aliphatic heterocycles. The highest BCUT2D eigenvalue weighted by Crippen LogP contribution is 2.01. The van der Waals surface area contributed by atoms with E-state index in [1.165, 1.54) is 0 Å². The van der Waals surface area contributed by atoms with Crippen LogP contribution in [0.15, 0.2) is 0 Å². The lowest BCUT2D eigenvalue weighted by Gasteiger charge is -2.23. The number of rotatable bonds is 4. The highest BCUT2D eigenvalue weighted by Gasteiger charge is 2.17. The molecule has 82 valence electrons. The molecule has 1 fully saturated rings. The van der Waals surface area contributed by atoms with Gasteiger partial charge in [-0.25, -0.2) is 0 Å². The minimum atomic E-state index is -0.181. The van der Waals surface area contributed by atoms with Crippen LogP contribution < -0.4 is 10.6 Å². The number of hydrogen-bond donors (Lipinski definition) is 3. The molecule has 1 saturated heterocycles. The lowest BCUT2D eigenvalue weighted by Crippen LogP contribution is -2.43. The Bertz CT molecular complexity index is 181. The summed E-state index contributed by atoms with van der Waals surface area (Å²) in [6.07, 6.45) is 0.326. The van der Waals surface area contributed by atoms with E-state index in [1.54, 1.807) is 6.92 Å². The predicted molar refractivity (Wildman–Crippen MR) is 51.9 cm³/mol. The molecule has 2 atom stereocenters. The van der Waals surface area contributed by atoms with E-state index in [9.17, 15) is 4.79 Å². The number of morpholine rings is 1. The Morgan fingerprint density at radius 1 is 1.79 bits per heavy atom. The van der Waals surface area contributed by atoms with Crippen LogP contribution >= 0.6 is 0 Å². The first-order chi connectivity index (χ1) is 6.72. The summed E-state index contributed by atoms with van der Waals surface area (Å²) in [7, 11) is 0. The first kappa shape index (κ1) is 11.4. The monoisotopic (exact) mass is 202 g/mol. The van der Waals surface area contributed by atoms with Gasteiger partial charge < -0.3 is 20.5 Å². The van der Waals surface area contributed by atoms with Gasteiger partial charge in [-0.05, 0) is 6.92 Å². The Hall–Kier alpha value is -0.650. The van der Waals surface area contributed by atoms with Crippen molar-refractivity contribution in [2.75, 3.05) is 26.3 Å². The molecule has 1 rings (SSSR count). The lowest BCUT2D eigenvalue weighted by atomic mass is 10.2. The van der Waals surface area contributed by atoms with Crippen LogP contribution in [0, 0.1) is 0 Å². The first-order valence-corrected chi connectivity index (χ1v) is 4.95. The van der Waals surface area contributed by atoms with Crippen molar-refractivity contribution >= 4 is 5.91 Å². The van der Waals surface area contributed by atoms with Gasteiger partial charge in [0.2, 0.25) is 5.91 Å². The van der Waals surface area contributed by atoms with Gasteiger partial charge in [0.25, 0.3) is 0 Å². The second-order valence-electron chi connectivity index (χ2n) is 3.55. The Labute approximate surface area is 83.8 Å². The summed E-state index contributed by atoms with van der Waals surface area (Å²) in [6.45, 7) is 3.97. The van der Waals surface area contributed by atoms with Crippen molar-refractivity contribution in [3.8, 4) is 0 Å². The molecule has 0 spiro atoms. The fraction of sp³-hybridized carbons (Fsp3) is 0.889. The standard InChI is InChI=1S/C9H18N2O3/c1-7(6-12)11-9(13)4-8-5-10-2-3-14-8/h7-8,10,12H,2-6H2,1H3,(H,11,13)/t7-,8?/m1/s1. The van der Waals surface area contributed by atoms with Crippen molar-refractivity contribution in [2.45, 2.75) is 25.5 Å². The van der Waals surface area contributed by atoms with Crippen molar-refractivity contribution in [1.29, 1.82) is 0 Å². The summed E-state index contributed by atoms with van der Waals surface area (Å²) < 4.78 is 5.38. The molecule has 0 aromatic heterocycles. The van der Waals surface area contributed by atoms with Gasteiger partial charge in [-0.15, -0.1) is 0 Å². The molecule has 1 amide bonds. The van der Waals surface area contributed by atoms with E-state index >= 15 is 0 Å². The lowest BCUT2D eigenvalue weighted by molar-refractivity contribution is -0.125. The molecular formula is C9H18N2O3. The van der Waals surface area contributed by atoms with Crippen molar-refractivity contribution in [3.63, 3.8) is 0 Å². The molecule has 1 unspecified atom stereocenters. The normalized spacial score (nSPS) is 24.3. The van der Waals surface area contributed by atoms with Gasteiger partial charge in [-0.2, -0.15) is 0 Å². The SMILES string of the molecule is C[C@H](CO)NC(=O)CC1CNCCO1. The largest absolute Gasteiger partial charge is 0.394 e. The van der Waals surface area contributed by atoms with Crippen LogP contribution in [-0.4, -0.2) is 49.5 Å². The third kappa shape index (κ3) is 4.04. The van der Waals surface area contributed by atoms with Crippen LogP contribution in [0.3, 0.4) is 0 Å². The smallest absolute Gasteiger partial charge is 0.222 e. The maximum absolute atomic E-state index is 11.4. The third-order valence-corrected chi connectivity index (χ3v) is 2.10. The van der Waals surface area contributed by atoms with E-state index < -0.39 is 0 Å². The fourth-order valence-corrected chi connectivity index (χ4v) is 1.34. The highest BCUT2D eigenvalue weighted by atomic mass is 16.5. The summed E-state index contributed by atoms with van der Waals surface area (Å²) >= 11 is 0. The molecule has 1 aliphatic rings. The van der Waals surface area contributed by atoms with Gasteiger partial charge in [-0.1, -0.05) is 0 Å². The third-order valence-electron chi connectivity index (χ3n) is 2.10. The minimum Gasteiger partial charge on any atom is -0.394 e. The maximum Gasteiger partial charge on any atom is 0.222 e. The Balaban J connectivity index is 2.18. The van der Waals surface area contributed by atoms with Crippen LogP contribution in [0.2, 0.25) is 0 Å². The maximum atomic E-state index is 11.4. The summed E-state index contributed by atoms with van der Waals surface area (Å²) in [5, 5.41) is 14.6. The number of carbonyl (C=O) groups excluding carboxylic acids is 1. The van der Waals surface area contributed by atoms with E-state index in [2.05, 4.69) is 10.6 Å². The molecule has 3 N–H and O–H groups in total. The average molecular weight is 202 g/mol. The quantitative estimate of drug-likeness (QED) is 0.539. The molecule has 0 bridgehead atoms. The number of ether oxygens (including phenoxy) is 1. The first-order valence-electron chi connectivity index (χ1n) is 4.95. The van der Waals surface area contributed by atoms with E-state index in [-0.39, 0.29) is 24.7 Å². The molecule has 0 radical (unpaired) electrons. The van der Waals surface area contributed by atoms with Crippen LogP contribution in [0.1, 0.15) is 13.3 Å². The minimum absolute atomic E-state index is 0.0322. The van der Waals surface area contributed by atoms with E-state index in [0.29, 0.717) is 13.0 Å². The van der Waals surface area contributed by atoms with E-state index in [0.717, 1.165) is 13.1 Å². The highest BCUT2D eigenvalue weighted by molar-refractivity contribution is 5.76. The molecule has 14 heavy (non-hydrogen) atoms. The van der Waals surface area contributed by atoms with Gasteiger partial charge in [0, 0.05) is 19.1 Å². The van der Waals surface area contributed by atoms with Gasteiger partial charge in [0.05, 0.1) is 25.7 Å². The summed E-state index contributed by atoms with van der Waals surface area (Å²) in [4.78, 5) is 11.4. The summed E-state index contributed by atoms with van der Waals surface area (Å²) in [6, 6.07) is -0.181. The summed E-state index contributed by atoms with van der Waals surface area (Å²) in [5.74, 6) is -0.0692. The molecule has 5 nitrogen and oxygen atoms in total. The van der Waals surface area contributed by atoms with Crippen molar-refractivity contribution in [3.05, 3.63) is 0 Å². The summed E-state index contributed by atoms with van der Waals surface area (Å²) in [5.41, 5.74) is 0. The number of aliphatic hydroxyl groups excluding tert-OH is 1. The van der Waals surface area contributed by atoms with Crippen LogP contribution in [0.4, 0.5) is 0 Å². The predicted octanol–water partition coefficient (Wildman–Crippen LogP) is -1.14. The second kappa shape index (κ2) is 5.95. The van der Waals surface area contributed by atoms with E-state index in [4.69, 9.17) is 9.84 Å². The number of amides is 1. The topological polar surface area (TPSA) is 70.6 Å².